The fraction of sp³-hybridized carbons (Fsp3) is 0.409. The first-order chi connectivity index (χ1) is 15.8. The molecule has 0 atom stereocenters. The topological polar surface area (TPSA) is 157 Å². The van der Waals surface area contributed by atoms with Gasteiger partial charge in [0.2, 0.25) is 5.95 Å². The highest BCUT2D eigenvalue weighted by atomic mass is 28.4. The number of anilines is 2. The van der Waals surface area contributed by atoms with Crippen molar-refractivity contribution >= 4 is 43.0 Å². The maximum atomic E-state index is 12.4. The van der Waals surface area contributed by atoms with Crippen LogP contribution in [0.2, 0.25) is 18.1 Å². The summed E-state index contributed by atoms with van der Waals surface area (Å²) in [5.41, 5.74) is 12.3. The van der Waals surface area contributed by atoms with Crippen LogP contribution < -0.4 is 16.6 Å². The van der Waals surface area contributed by atoms with E-state index in [0.717, 1.165) is 0 Å². The smallest absolute Gasteiger partial charge is 0.352 e. The minimum absolute atomic E-state index is 0.0206. The van der Waals surface area contributed by atoms with Crippen LogP contribution in [-0.4, -0.2) is 51.4 Å². The Kier molecular flexibility index (Phi) is 6.93. The number of nitrogens with one attached hydrogen (secondary N) is 2. The predicted molar refractivity (Wildman–Crippen MR) is 132 cm³/mol. The molecule has 3 aromatic rings. The number of rotatable bonds is 8. The second kappa shape index (κ2) is 9.39. The molecule has 0 aliphatic carbocycles. The molecule has 12 heteroatoms. The Morgan fingerprint density at radius 2 is 1.94 bits per heavy atom. The zero-order chi connectivity index (χ0) is 25.3. The van der Waals surface area contributed by atoms with E-state index in [4.69, 9.17) is 10.2 Å². The van der Waals surface area contributed by atoms with Gasteiger partial charge in [-0.1, -0.05) is 26.8 Å². The van der Waals surface area contributed by atoms with Gasteiger partial charge in [0.05, 0.1) is 12.0 Å². The largest absolute Gasteiger partial charge is 0.477 e. The lowest BCUT2D eigenvalue weighted by molar-refractivity contribution is 0.0683. The zero-order valence-corrected chi connectivity index (χ0v) is 21.3. The summed E-state index contributed by atoms with van der Waals surface area (Å²) in [4.78, 5) is 37.0. The molecule has 11 nitrogen and oxygen atoms in total. The molecule has 0 fully saturated rings. The van der Waals surface area contributed by atoms with Crippen molar-refractivity contribution in [2.75, 3.05) is 17.8 Å². The number of carbonyl (C=O) groups is 2. The Hall–Kier alpha value is -3.51. The second-order valence-electron chi connectivity index (χ2n) is 9.46. The van der Waals surface area contributed by atoms with E-state index in [1.807, 2.05) is 0 Å². The van der Waals surface area contributed by atoms with E-state index in [-0.39, 0.29) is 34.7 Å². The number of fused-ring (bicyclic) bond motifs is 1. The first-order valence-electron chi connectivity index (χ1n) is 10.8. The lowest BCUT2D eigenvalue weighted by atomic mass is 10.2. The van der Waals surface area contributed by atoms with Crippen LogP contribution in [0.3, 0.4) is 0 Å². The molecule has 0 aromatic carbocycles. The molecular formula is C22H31N7O4Si. The number of nitrogens with two attached hydrogens (primary N) is 1. The normalized spacial score (nSPS) is 12.1. The molecule has 0 aliphatic rings. The monoisotopic (exact) mass is 485 g/mol. The molecule has 3 heterocycles. The SMILES string of the molecule is Cc1c(C(=O)O)n(CCO[Si](C)(C)C(C)(C)C)c2nc(N)nc(NNC(=O)c3ccccn3)c12. The number of aromatic nitrogens is 4. The summed E-state index contributed by atoms with van der Waals surface area (Å²) in [6.45, 7) is 13.0. The highest BCUT2D eigenvalue weighted by Gasteiger charge is 2.37. The fourth-order valence-electron chi connectivity index (χ4n) is 3.30. The van der Waals surface area contributed by atoms with E-state index in [0.29, 0.717) is 23.2 Å². The third-order valence-corrected chi connectivity index (χ3v) is 10.7. The van der Waals surface area contributed by atoms with Gasteiger partial charge in [0.15, 0.2) is 14.1 Å². The van der Waals surface area contributed by atoms with Crippen molar-refractivity contribution < 1.29 is 19.1 Å². The number of hydrogen-bond acceptors (Lipinski definition) is 8. The Morgan fingerprint density at radius 1 is 1.24 bits per heavy atom. The number of hydrazine groups is 1. The summed E-state index contributed by atoms with van der Waals surface area (Å²) < 4.78 is 7.82. The molecule has 3 rings (SSSR count). The van der Waals surface area contributed by atoms with Crippen LogP contribution in [0.15, 0.2) is 24.4 Å². The summed E-state index contributed by atoms with van der Waals surface area (Å²) in [5, 5.41) is 10.4. The highest BCUT2D eigenvalue weighted by molar-refractivity contribution is 6.74. The van der Waals surface area contributed by atoms with E-state index in [9.17, 15) is 14.7 Å². The van der Waals surface area contributed by atoms with Crippen molar-refractivity contribution in [1.82, 2.24) is 24.9 Å². The van der Waals surface area contributed by atoms with Crippen molar-refractivity contribution in [2.24, 2.45) is 0 Å². The summed E-state index contributed by atoms with van der Waals surface area (Å²) in [6.07, 6.45) is 1.51. The van der Waals surface area contributed by atoms with Crippen molar-refractivity contribution in [3.05, 3.63) is 41.3 Å². The maximum Gasteiger partial charge on any atom is 0.352 e. The Morgan fingerprint density at radius 3 is 2.53 bits per heavy atom. The van der Waals surface area contributed by atoms with Crippen LogP contribution in [0.5, 0.6) is 0 Å². The van der Waals surface area contributed by atoms with Crippen LogP contribution in [0.1, 0.15) is 47.3 Å². The molecule has 3 aromatic heterocycles. The molecule has 0 bridgehead atoms. The minimum atomic E-state index is -2.03. The lowest BCUT2D eigenvalue weighted by Crippen LogP contribution is -2.41. The lowest BCUT2D eigenvalue weighted by Gasteiger charge is -2.36. The second-order valence-corrected chi connectivity index (χ2v) is 14.3. The zero-order valence-electron chi connectivity index (χ0n) is 20.3. The van der Waals surface area contributed by atoms with Gasteiger partial charge in [-0.3, -0.25) is 20.6 Å². The number of carboxylic acid groups (broad SMARTS) is 1. The molecule has 0 radical (unpaired) electrons. The van der Waals surface area contributed by atoms with Gasteiger partial charge < -0.3 is 19.8 Å². The van der Waals surface area contributed by atoms with E-state index in [1.165, 1.54) is 6.20 Å². The molecule has 34 heavy (non-hydrogen) atoms. The highest BCUT2D eigenvalue weighted by Crippen LogP contribution is 2.37. The van der Waals surface area contributed by atoms with Gasteiger partial charge in [-0.15, -0.1) is 0 Å². The van der Waals surface area contributed by atoms with Crippen molar-refractivity contribution in [1.29, 1.82) is 0 Å². The summed E-state index contributed by atoms with van der Waals surface area (Å²) in [7, 11) is -2.03. The van der Waals surface area contributed by atoms with Gasteiger partial charge in [-0.05, 0) is 42.8 Å². The number of pyridine rings is 1. The quantitative estimate of drug-likeness (QED) is 0.278. The summed E-state index contributed by atoms with van der Waals surface area (Å²) in [6, 6.07) is 4.96. The first kappa shape index (κ1) is 25.1. The molecular weight excluding hydrogens is 454 g/mol. The van der Waals surface area contributed by atoms with Crippen molar-refractivity contribution in [3.8, 4) is 0 Å². The maximum absolute atomic E-state index is 12.4. The van der Waals surface area contributed by atoms with Crippen molar-refractivity contribution in [3.63, 3.8) is 0 Å². The summed E-state index contributed by atoms with van der Waals surface area (Å²) in [5.74, 6) is -1.46. The molecule has 182 valence electrons. The fourth-order valence-corrected chi connectivity index (χ4v) is 4.34. The Bertz CT molecular complexity index is 1220. The van der Waals surface area contributed by atoms with Gasteiger partial charge in [-0.25, -0.2) is 4.79 Å². The van der Waals surface area contributed by atoms with E-state index >= 15 is 0 Å². The van der Waals surface area contributed by atoms with Crippen LogP contribution in [-0.2, 0) is 11.0 Å². The number of hydrogen-bond donors (Lipinski definition) is 4. The van der Waals surface area contributed by atoms with E-state index in [2.05, 4.69) is 59.7 Å². The number of aryl methyl sites for hydroxylation is 1. The van der Waals surface area contributed by atoms with E-state index < -0.39 is 20.2 Å². The van der Waals surface area contributed by atoms with Gasteiger partial charge in [0, 0.05) is 12.7 Å². The molecule has 5 N–H and O–H groups in total. The molecule has 0 saturated heterocycles. The van der Waals surface area contributed by atoms with Crippen LogP contribution in [0.4, 0.5) is 11.8 Å². The van der Waals surface area contributed by atoms with Gasteiger partial charge >= 0.3 is 5.97 Å². The van der Waals surface area contributed by atoms with Gasteiger partial charge in [0.25, 0.3) is 5.91 Å². The van der Waals surface area contributed by atoms with E-state index in [1.54, 1.807) is 29.7 Å². The average molecular weight is 486 g/mol. The predicted octanol–water partition coefficient (Wildman–Crippen LogP) is 3.19. The van der Waals surface area contributed by atoms with Crippen LogP contribution in [0.25, 0.3) is 11.0 Å². The number of carbonyl (C=O) groups excluding carboxylic acids is 1. The number of nitrogens with zero attached hydrogens (tertiary/aromatic N) is 4. The molecule has 0 spiro atoms. The number of aromatic carboxylic acids is 1. The van der Waals surface area contributed by atoms with Gasteiger partial charge in [-0.2, -0.15) is 9.97 Å². The molecule has 0 saturated carbocycles. The Balaban J connectivity index is 1.95. The minimum Gasteiger partial charge on any atom is -0.477 e. The standard InChI is InChI=1S/C22H31N7O4Si/c1-13-15-17(27-28-19(30)14-9-7-8-10-24-14)25-21(23)26-18(15)29(16(13)20(31)32)11-12-33-34(5,6)22(2,3)4/h7-10H,11-12H2,1-6H3,(H,28,30)(H,31,32)(H3,23,25,26,27). The number of amides is 1. The van der Waals surface area contributed by atoms with Gasteiger partial charge in [0.1, 0.15) is 17.0 Å². The van der Waals surface area contributed by atoms with Crippen molar-refractivity contribution in [2.45, 2.75) is 52.4 Å². The van der Waals surface area contributed by atoms with Crippen LogP contribution in [0, 0.1) is 6.92 Å². The average Bonchev–Trinajstić information content (AvgIpc) is 3.03. The molecule has 0 aliphatic heterocycles. The first-order valence-corrected chi connectivity index (χ1v) is 13.7. The molecule has 1 amide bonds. The third-order valence-electron chi connectivity index (χ3n) is 6.14. The Labute approximate surface area is 198 Å². The summed E-state index contributed by atoms with van der Waals surface area (Å²) >= 11 is 0. The number of carboxylic acids is 1. The molecule has 0 unspecified atom stereocenters. The number of nitrogen functional groups attached to an aromatic ring is 1. The van der Waals surface area contributed by atoms with Crippen LogP contribution >= 0.6 is 0 Å². The third kappa shape index (κ3) is 5.02.